The normalized spacial score (nSPS) is 11.8. The van der Waals surface area contributed by atoms with Gasteiger partial charge in [0, 0.05) is 12.8 Å². The number of rotatable bonds is 12. The SMILES string of the molecule is CCCCCCCCC(=O)N[C@H](CCC(N)=O)C(=O)O. The maximum absolute atomic E-state index is 11.6. The van der Waals surface area contributed by atoms with Crippen molar-refractivity contribution in [3.05, 3.63) is 0 Å². The molecule has 0 aromatic heterocycles. The van der Waals surface area contributed by atoms with Gasteiger partial charge in [-0.3, -0.25) is 9.59 Å². The molecule has 0 unspecified atom stereocenters. The molecule has 6 heteroatoms. The fourth-order valence-electron chi connectivity index (χ4n) is 1.88. The Labute approximate surface area is 120 Å². The molecule has 0 heterocycles. The van der Waals surface area contributed by atoms with Crippen LogP contribution in [0.2, 0.25) is 0 Å². The number of hydrogen-bond donors (Lipinski definition) is 3. The number of nitrogens with two attached hydrogens (primary N) is 1. The summed E-state index contributed by atoms with van der Waals surface area (Å²) in [5.41, 5.74) is 4.97. The van der Waals surface area contributed by atoms with Gasteiger partial charge in [0.15, 0.2) is 0 Å². The van der Waals surface area contributed by atoms with E-state index in [0.717, 1.165) is 19.3 Å². The number of primary amides is 1. The summed E-state index contributed by atoms with van der Waals surface area (Å²) in [6.45, 7) is 2.14. The number of carboxylic acid groups (broad SMARTS) is 1. The third-order valence-corrected chi connectivity index (χ3v) is 3.07. The first-order chi connectivity index (χ1) is 9.47. The molecule has 0 aromatic carbocycles. The van der Waals surface area contributed by atoms with Crippen LogP contribution in [0.5, 0.6) is 0 Å². The van der Waals surface area contributed by atoms with E-state index < -0.39 is 17.9 Å². The fraction of sp³-hybridized carbons (Fsp3) is 0.786. The summed E-state index contributed by atoms with van der Waals surface area (Å²) in [6, 6.07) is -1.03. The van der Waals surface area contributed by atoms with Gasteiger partial charge in [0.05, 0.1) is 0 Å². The number of nitrogens with one attached hydrogen (secondary N) is 1. The third-order valence-electron chi connectivity index (χ3n) is 3.07. The van der Waals surface area contributed by atoms with Crippen LogP contribution in [0.4, 0.5) is 0 Å². The molecule has 116 valence electrons. The molecule has 1 atom stereocenters. The van der Waals surface area contributed by atoms with Crippen molar-refractivity contribution in [3.63, 3.8) is 0 Å². The van der Waals surface area contributed by atoms with E-state index in [2.05, 4.69) is 12.2 Å². The molecule has 4 N–H and O–H groups in total. The van der Waals surface area contributed by atoms with E-state index in [9.17, 15) is 14.4 Å². The van der Waals surface area contributed by atoms with Crippen molar-refractivity contribution < 1.29 is 19.5 Å². The summed E-state index contributed by atoms with van der Waals surface area (Å²) in [6.07, 6.45) is 6.72. The Bertz CT molecular complexity index is 318. The fourth-order valence-corrected chi connectivity index (χ4v) is 1.88. The van der Waals surface area contributed by atoms with Gasteiger partial charge in [-0.05, 0) is 12.8 Å². The van der Waals surface area contributed by atoms with E-state index in [1.807, 2.05) is 0 Å². The molecule has 0 saturated heterocycles. The van der Waals surface area contributed by atoms with Gasteiger partial charge in [-0.25, -0.2) is 4.79 Å². The Hall–Kier alpha value is -1.59. The molecular weight excluding hydrogens is 260 g/mol. The predicted molar refractivity (Wildman–Crippen MR) is 76.0 cm³/mol. The van der Waals surface area contributed by atoms with Gasteiger partial charge in [-0.1, -0.05) is 39.0 Å². The topological polar surface area (TPSA) is 109 Å². The van der Waals surface area contributed by atoms with Crippen molar-refractivity contribution in [1.82, 2.24) is 5.32 Å². The van der Waals surface area contributed by atoms with E-state index >= 15 is 0 Å². The smallest absolute Gasteiger partial charge is 0.326 e. The second-order valence-electron chi connectivity index (χ2n) is 4.98. The lowest BCUT2D eigenvalue weighted by Gasteiger charge is -2.13. The lowest BCUT2D eigenvalue weighted by atomic mass is 10.1. The van der Waals surface area contributed by atoms with E-state index in [1.165, 1.54) is 19.3 Å². The van der Waals surface area contributed by atoms with Crippen molar-refractivity contribution >= 4 is 17.8 Å². The molecule has 0 bridgehead atoms. The summed E-state index contributed by atoms with van der Waals surface area (Å²) < 4.78 is 0. The van der Waals surface area contributed by atoms with Crippen molar-refractivity contribution in [3.8, 4) is 0 Å². The third kappa shape index (κ3) is 10.3. The Morgan fingerprint density at radius 1 is 1.05 bits per heavy atom. The lowest BCUT2D eigenvalue weighted by Crippen LogP contribution is -2.41. The van der Waals surface area contributed by atoms with Crippen LogP contribution in [0.1, 0.15) is 64.7 Å². The van der Waals surface area contributed by atoms with Gasteiger partial charge in [0.1, 0.15) is 6.04 Å². The summed E-state index contributed by atoms with van der Waals surface area (Å²) in [7, 11) is 0. The highest BCUT2D eigenvalue weighted by molar-refractivity contribution is 5.84. The number of carbonyl (C=O) groups is 3. The van der Waals surface area contributed by atoms with Gasteiger partial charge in [0.25, 0.3) is 0 Å². The molecule has 0 aliphatic heterocycles. The molecule has 0 spiro atoms. The maximum atomic E-state index is 11.6. The zero-order chi connectivity index (χ0) is 15.4. The standard InChI is InChI=1S/C14H26N2O4/c1-2-3-4-5-6-7-8-13(18)16-11(14(19)20)9-10-12(15)17/h11H,2-10H2,1H3,(H2,15,17)(H,16,18)(H,19,20)/t11-/m1/s1. The Kier molecular flexibility index (Phi) is 10.4. The van der Waals surface area contributed by atoms with E-state index in [4.69, 9.17) is 10.8 Å². The second-order valence-corrected chi connectivity index (χ2v) is 4.98. The number of unbranched alkanes of at least 4 members (excludes halogenated alkanes) is 5. The molecule has 20 heavy (non-hydrogen) atoms. The van der Waals surface area contributed by atoms with Crippen molar-refractivity contribution in [2.24, 2.45) is 5.73 Å². The average Bonchev–Trinajstić information content (AvgIpc) is 2.38. The molecule has 0 aliphatic carbocycles. The number of hydrogen-bond acceptors (Lipinski definition) is 3. The van der Waals surface area contributed by atoms with E-state index in [0.29, 0.717) is 6.42 Å². The number of carboxylic acids is 1. The van der Waals surface area contributed by atoms with E-state index in [-0.39, 0.29) is 18.7 Å². The monoisotopic (exact) mass is 286 g/mol. The minimum absolute atomic E-state index is 0.0346. The van der Waals surface area contributed by atoms with Crippen LogP contribution in [-0.4, -0.2) is 28.9 Å². The Morgan fingerprint density at radius 2 is 1.65 bits per heavy atom. The van der Waals surface area contributed by atoms with Crippen LogP contribution in [-0.2, 0) is 14.4 Å². The molecule has 0 saturated carbocycles. The van der Waals surface area contributed by atoms with E-state index in [1.54, 1.807) is 0 Å². The summed E-state index contributed by atoms with van der Waals surface area (Å²) in [5.74, 6) is -1.98. The first-order valence-corrected chi connectivity index (χ1v) is 7.27. The summed E-state index contributed by atoms with van der Waals surface area (Å²) in [4.78, 5) is 33.2. The van der Waals surface area contributed by atoms with Gasteiger partial charge in [-0.15, -0.1) is 0 Å². The maximum Gasteiger partial charge on any atom is 0.326 e. The minimum Gasteiger partial charge on any atom is -0.480 e. The summed E-state index contributed by atoms with van der Waals surface area (Å²) >= 11 is 0. The largest absolute Gasteiger partial charge is 0.480 e. The van der Waals surface area contributed by atoms with Crippen LogP contribution in [0.15, 0.2) is 0 Å². The number of aliphatic carboxylic acids is 1. The van der Waals surface area contributed by atoms with Gasteiger partial charge in [-0.2, -0.15) is 0 Å². The second kappa shape index (κ2) is 11.3. The molecule has 0 rings (SSSR count). The molecule has 0 aliphatic rings. The van der Waals surface area contributed by atoms with Crippen LogP contribution in [0, 0.1) is 0 Å². The van der Waals surface area contributed by atoms with Gasteiger partial charge < -0.3 is 16.2 Å². The molecular formula is C14H26N2O4. The number of amides is 2. The molecule has 6 nitrogen and oxygen atoms in total. The quantitative estimate of drug-likeness (QED) is 0.473. The zero-order valence-corrected chi connectivity index (χ0v) is 12.2. The number of carbonyl (C=O) groups excluding carboxylic acids is 2. The van der Waals surface area contributed by atoms with Crippen molar-refractivity contribution in [2.75, 3.05) is 0 Å². The van der Waals surface area contributed by atoms with Crippen LogP contribution >= 0.6 is 0 Å². The van der Waals surface area contributed by atoms with Gasteiger partial charge in [0.2, 0.25) is 11.8 Å². The highest BCUT2D eigenvalue weighted by Crippen LogP contribution is 2.07. The van der Waals surface area contributed by atoms with Crippen LogP contribution in [0.3, 0.4) is 0 Å². The van der Waals surface area contributed by atoms with Crippen molar-refractivity contribution in [2.45, 2.75) is 70.8 Å². The highest BCUT2D eigenvalue weighted by atomic mass is 16.4. The molecule has 0 fully saturated rings. The van der Waals surface area contributed by atoms with Crippen LogP contribution in [0.25, 0.3) is 0 Å². The molecule has 0 aromatic rings. The minimum atomic E-state index is -1.14. The van der Waals surface area contributed by atoms with Crippen molar-refractivity contribution in [1.29, 1.82) is 0 Å². The zero-order valence-electron chi connectivity index (χ0n) is 12.2. The Morgan fingerprint density at radius 3 is 2.20 bits per heavy atom. The van der Waals surface area contributed by atoms with Crippen LogP contribution < -0.4 is 11.1 Å². The Balaban J connectivity index is 3.84. The first-order valence-electron chi connectivity index (χ1n) is 7.27. The first kappa shape index (κ1) is 18.4. The van der Waals surface area contributed by atoms with Gasteiger partial charge >= 0.3 is 5.97 Å². The molecule has 2 amide bonds. The summed E-state index contributed by atoms with van der Waals surface area (Å²) in [5, 5.41) is 11.4. The molecule has 0 radical (unpaired) electrons. The predicted octanol–water partition coefficient (Wildman–Crippen LogP) is 1.57. The average molecular weight is 286 g/mol. The lowest BCUT2D eigenvalue weighted by molar-refractivity contribution is -0.142. The highest BCUT2D eigenvalue weighted by Gasteiger charge is 2.19.